The minimum atomic E-state index is -0.835. The van der Waals surface area contributed by atoms with Gasteiger partial charge in [0.2, 0.25) is 0 Å². The van der Waals surface area contributed by atoms with Gasteiger partial charge < -0.3 is 19.9 Å². The van der Waals surface area contributed by atoms with Crippen molar-refractivity contribution in [3.05, 3.63) is 65.2 Å². The molecule has 0 aromatic heterocycles. The fourth-order valence-electron chi connectivity index (χ4n) is 2.29. The van der Waals surface area contributed by atoms with E-state index >= 15 is 0 Å². The number of hydrogen-bond acceptors (Lipinski definition) is 6. The maximum atomic E-state index is 12.1. The van der Waals surface area contributed by atoms with Crippen LogP contribution in [0.15, 0.2) is 54.1 Å². The molecule has 1 amide bonds. The van der Waals surface area contributed by atoms with E-state index in [1.165, 1.54) is 31.4 Å². The minimum Gasteiger partial charge on any atom is -0.496 e. The topological polar surface area (TPSA) is 112 Å². The van der Waals surface area contributed by atoms with Crippen molar-refractivity contribution in [3.63, 3.8) is 0 Å². The number of nitrogens with zero attached hydrogens (tertiary/aromatic N) is 1. The van der Waals surface area contributed by atoms with E-state index in [2.05, 4.69) is 0 Å². The summed E-state index contributed by atoms with van der Waals surface area (Å²) in [5.41, 5.74) is 6.14. The van der Waals surface area contributed by atoms with Gasteiger partial charge in [0.05, 0.1) is 14.2 Å². The molecule has 2 N–H and O–H groups in total. The SMILES string of the molecule is COc1ccccc1/C=C/C(=O)Oc1ccc(/C=C(\C#N)C(N)=O)cc1OC. The number of primary amides is 1. The highest BCUT2D eigenvalue weighted by Gasteiger charge is 2.10. The Bertz CT molecular complexity index is 987. The van der Waals surface area contributed by atoms with Crippen molar-refractivity contribution < 1.29 is 23.8 Å². The van der Waals surface area contributed by atoms with Gasteiger partial charge in [-0.1, -0.05) is 24.3 Å². The molecule has 0 aliphatic heterocycles. The Balaban J connectivity index is 2.19. The van der Waals surface area contributed by atoms with Crippen LogP contribution in [0, 0.1) is 11.3 Å². The molecule has 7 nitrogen and oxygen atoms in total. The van der Waals surface area contributed by atoms with Crippen molar-refractivity contribution in [2.75, 3.05) is 14.2 Å². The van der Waals surface area contributed by atoms with E-state index in [1.807, 2.05) is 12.1 Å². The summed E-state index contributed by atoms with van der Waals surface area (Å²) in [7, 11) is 2.95. The zero-order chi connectivity index (χ0) is 20.5. The number of esters is 1. The molecular formula is C21H18N2O5. The second-order valence-electron chi connectivity index (χ2n) is 5.44. The monoisotopic (exact) mass is 378 g/mol. The average Bonchev–Trinajstić information content (AvgIpc) is 2.71. The predicted octanol–water partition coefficient (Wildman–Crippen LogP) is 2.71. The van der Waals surface area contributed by atoms with E-state index in [0.717, 1.165) is 5.56 Å². The minimum absolute atomic E-state index is 0.187. The van der Waals surface area contributed by atoms with Crippen LogP contribution in [0.3, 0.4) is 0 Å². The van der Waals surface area contributed by atoms with E-state index in [-0.39, 0.29) is 17.1 Å². The second kappa shape index (κ2) is 9.59. The number of carbonyl (C=O) groups is 2. The predicted molar refractivity (Wildman–Crippen MR) is 103 cm³/mol. The zero-order valence-electron chi connectivity index (χ0n) is 15.3. The highest BCUT2D eigenvalue weighted by molar-refractivity contribution is 6.00. The molecule has 142 valence electrons. The fraction of sp³-hybridized carbons (Fsp3) is 0.0952. The van der Waals surface area contributed by atoms with Crippen LogP contribution in [0.4, 0.5) is 0 Å². The van der Waals surface area contributed by atoms with E-state index in [9.17, 15) is 9.59 Å². The highest BCUT2D eigenvalue weighted by atomic mass is 16.6. The van der Waals surface area contributed by atoms with E-state index in [1.54, 1.807) is 37.5 Å². The molecule has 0 atom stereocenters. The Morgan fingerprint density at radius 1 is 1.04 bits per heavy atom. The van der Waals surface area contributed by atoms with Crippen LogP contribution in [0.5, 0.6) is 17.2 Å². The maximum absolute atomic E-state index is 12.1. The fourth-order valence-corrected chi connectivity index (χ4v) is 2.29. The molecule has 0 aliphatic rings. The molecular weight excluding hydrogens is 360 g/mol. The number of methoxy groups -OCH3 is 2. The lowest BCUT2D eigenvalue weighted by Gasteiger charge is -2.09. The van der Waals surface area contributed by atoms with Crippen LogP contribution in [-0.4, -0.2) is 26.1 Å². The summed E-state index contributed by atoms with van der Waals surface area (Å²) in [6, 6.07) is 13.5. The average molecular weight is 378 g/mol. The molecule has 0 spiro atoms. The Hall–Kier alpha value is -4.05. The first kappa shape index (κ1) is 20.3. The number of para-hydroxylation sites is 1. The third-order valence-corrected chi connectivity index (χ3v) is 3.63. The molecule has 28 heavy (non-hydrogen) atoms. The summed E-state index contributed by atoms with van der Waals surface area (Å²) < 4.78 is 15.7. The van der Waals surface area contributed by atoms with Crippen molar-refractivity contribution in [3.8, 4) is 23.3 Å². The van der Waals surface area contributed by atoms with Crippen LogP contribution in [0.25, 0.3) is 12.2 Å². The van der Waals surface area contributed by atoms with Crippen LogP contribution >= 0.6 is 0 Å². The number of hydrogen-bond donors (Lipinski definition) is 1. The molecule has 0 heterocycles. The van der Waals surface area contributed by atoms with Gasteiger partial charge in [0.1, 0.15) is 17.4 Å². The molecule has 7 heteroatoms. The number of nitrogens with two attached hydrogens (primary N) is 1. The lowest BCUT2D eigenvalue weighted by molar-refractivity contribution is -0.129. The smallest absolute Gasteiger partial charge is 0.336 e. The van der Waals surface area contributed by atoms with Crippen LogP contribution in [-0.2, 0) is 9.59 Å². The summed E-state index contributed by atoms with van der Waals surface area (Å²) in [6.07, 6.45) is 4.17. The molecule has 0 radical (unpaired) electrons. The molecule has 0 aliphatic carbocycles. The molecule has 2 rings (SSSR count). The highest BCUT2D eigenvalue weighted by Crippen LogP contribution is 2.29. The van der Waals surface area contributed by atoms with E-state index in [4.69, 9.17) is 25.2 Å². The third kappa shape index (κ3) is 5.22. The molecule has 0 saturated carbocycles. The summed E-state index contributed by atoms with van der Waals surface area (Å²) in [6.45, 7) is 0. The number of amides is 1. The van der Waals surface area contributed by atoms with Gasteiger partial charge in [-0.15, -0.1) is 0 Å². The van der Waals surface area contributed by atoms with Gasteiger partial charge in [-0.3, -0.25) is 4.79 Å². The Morgan fingerprint density at radius 2 is 1.75 bits per heavy atom. The Kier molecular flexibility index (Phi) is 6.94. The summed E-state index contributed by atoms with van der Waals surface area (Å²) in [5.74, 6) is -0.370. The summed E-state index contributed by atoms with van der Waals surface area (Å²) in [4.78, 5) is 23.3. The Labute approximate surface area is 162 Å². The van der Waals surface area contributed by atoms with Gasteiger partial charge in [-0.25, -0.2) is 4.79 Å². The van der Waals surface area contributed by atoms with Crippen LogP contribution < -0.4 is 19.9 Å². The first-order chi connectivity index (χ1) is 13.5. The first-order valence-electron chi connectivity index (χ1n) is 8.11. The van der Waals surface area contributed by atoms with Gasteiger partial charge in [0, 0.05) is 11.6 Å². The zero-order valence-corrected chi connectivity index (χ0v) is 15.3. The number of ether oxygens (including phenoxy) is 3. The normalized spacial score (nSPS) is 11.0. The van der Waals surface area contributed by atoms with Gasteiger partial charge in [0.25, 0.3) is 5.91 Å². The van der Waals surface area contributed by atoms with Crippen molar-refractivity contribution in [2.24, 2.45) is 5.73 Å². The number of rotatable bonds is 7. The molecule has 0 saturated heterocycles. The number of carbonyl (C=O) groups excluding carboxylic acids is 2. The van der Waals surface area contributed by atoms with Crippen molar-refractivity contribution in [2.45, 2.75) is 0 Å². The van der Waals surface area contributed by atoms with Gasteiger partial charge in [-0.2, -0.15) is 5.26 Å². The molecule has 2 aromatic rings. The van der Waals surface area contributed by atoms with Crippen molar-refractivity contribution in [1.29, 1.82) is 5.26 Å². The standard InChI is InChI=1S/C21H18N2O5/c1-26-17-6-4-3-5-15(17)8-10-20(24)28-18-9-7-14(12-19(18)27-2)11-16(13-22)21(23)25/h3-12H,1-2H3,(H2,23,25)/b10-8+,16-11+. The second-order valence-corrected chi connectivity index (χ2v) is 5.44. The number of nitriles is 1. The van der Waals surface area contributed by atoms with Gasteiger partial charge in [0.15, 0.2) is 11.5 Å². The van der Waals surface area contributed by atoms with E-state index in [0.29, 0.717) is 11.3 Å². The van der Waals surface area contributed by atoms with Gasteiger partial charge >= 0.3 is 5.97 Å². The van der Waals surface area contributed by atoms with Crippen molar-refractivity contribution >= 4 is 24.0 Å². The lowest BCUT2D eigenvalue weighted by atomic mass is 10.1. The first-order valence-corrected chi connectivity index (χ1v) is 8.11. The van der Waals surface area contributed by atoms with Gasteiger partial charge in [-0.05, 0) is 35.9 Å². The van der Waals surface area contributed by atoms with E-state index < -0.39 is 11.9 Å². The molecule has 2 aromatic carbocycles. The quantitative estimate of drug-likeness (QED) is 0.343. The molecule has 0 unspecified atom stereocenters. The van der Waals surface area contributed by atoms with Crippen LogP contribution in [0.2, 0.25) is 0 Å². The molecule has 0 fully saturated rings. The largest absolute Gasteiger partial charge is 0.496 e. The van der Waals surface area contributed by atoms with Crippen LogP contribution in [0.1, 0.15) is 11.1 Å². The summed E-state index contributed by atoms with van der Waals surface area (Å²) in [5, 5.41) is 8.91. The number of benzene rings is 2. The molecule has 0 bridgehead atoms. The third-order valence-electron chi connectivity index (χ3n) is 3.63. The van der Waals surface area contributed by atoms with Crippen molar-refractivity contribution in [1.82, 2.24) is 0 Å². The summed E-state index contributed by atoms with van der Waals surface area (Å²) >= 11 is 0. The lowest BCUT2D eigenvalue weighted by Crippen LogP contribution is -2.12. The Morgan fingerprint density at radius 3 is 2.39 bits per heavy atom. The maximum Gasteiger partial charge on any atom is 0.336 e.